The lowest BCUT2D eigenvalue weighted by atomic mass is 10.2. The Morgan fingerprint density at radius 3 is 2.81 bits per heavy atom. The molecule has 1 aromatic heterocycles. The molecule has 0 atom stereocenters. The Morgan fingerprint density at radius 1 is 1.25 bits per heavy atom. The van der Waals surface area contributed by atoms with E-state index in [1.54, 1.807) is 13.2 Å². The zero-order valence-electron chi connectivity index (χ0n) is 9.74. The fourth-order valence-corrected chi connectivity index (χ4v) is 1.38. The molecule has 0 aliphatic carbocycles. The van der Waals surface area contributed by atoms with Crippen LogP contribution < -0.4 is 10.6 Å². The molecule has 16 heavy (non-hydrogen) atoms. The highest BCUT2D eigenvalue weighted by molar-refractivity contribution is 5.38. The maximum atomic E-state index is 8.62. The summed E-state index contributed by atoms with van der Waals surface area (Å²) in [6.45, 7) is 1.20. The van der Waals surface area contributed by atoms with Gasteiger partial charge in [0, 0.05) is 26.4 Å². The monoisotopic (exact) mass is 224 g/mol. The highest BCUT2D eigenvalue weighted by Gasteiger charge is 1.96. The fraction of sp³-hybridized carbons (Fsp3) is 0.636. The van der Waals surface area contributed by atoms with Crippen molar-refractivity contribution in [2.75, 3.05) is 30.8 Å². The van der Waals surface area contributed by atoms with Crippen LogP contribution in [-0.4, -0.2) is 35.3 Å². The van der Waals surface area contributed by atoms with Gasteiger partial charge in [0.05, 0.1) is 0 Å². The molecule has 90 valence electrons. The van der Waals surface area contributed by atoms with Crippen LogP contribution in [0.15, 0.2) is 12.3 Å². The van der Waals surface area contributed by atoms with Crippen molar-refractivity contribution in [3.8, 4) is 0 Å². The van der Waals surface area contributed by atoms with E-state index in [4.69, 9.17) is 5.11 Å². The summed E-state index contributed by atoms with van der Waals surface area (Å²) < 4.78 is 0. The van der Waals surface area contributed by atoms with Crippen molar-refractivity contribution in [2.24, 2.45) is 0 Å². The van der Waals surface area contributed by atoms with Crippen molar-refractivity contribution in [3.63, 3.8) is 0 Å². The second-order valence-electron chi connectivity index (χ2n) is 3.58. The van der Waals surface area contributed by atoms with Gasteiger partial charge in [-0.1, -0.05) is 12.8 Å². The van der Waals surface area contributed by atoms with E-state index in [0.717, 1.165) is 38.0 Å². The Morgan fingerprint density at radius 2 is 2.06 bits per heavy atom. The van der Waals surface area contributed by atoms with Gasteiger partial charge in [0.25, 0.3) is 0 Å². The smallest absolute Gasteiger partial charge is 0.224 e. The maximum absolute atomic E-state index is 8.62. The van der Waals surface area contributed by atoms with E-state index in [-0.39, 0.29) is 0 Å². The number of nitrogens with zero attached hydrogens (tertiary/aromatic N) is 2. The van der Waals surface area contributed by atoms with Crippen LogP contribution in [-0.2, 0) is 0 Å². The second-order valence-corrected chi connectivity index (χ2v) is 3.58. The van der Waals surface area contributed by atoms with Crippen LogP contribution in [0.5, 0.6) is 0 Å². The second kappa shape index (κ2) is 7.87. The minimum absolute atomic E-state index is 0.296. The first-order valence-electron chi connectivity index (χ1n) is 5.72. The lowest BCUT2D eigenvalue weighted by molar-refractivity contribution is 0.283. The molecule has 5 heteroatoms. The first-order chi connectivity index (χ1) is 7.86. The quantitative estimate of drug-likeness (QED) is 0.583. The summed E-state index contributed by atoms with van der Waals surface area (Å²) in [4.78, 5) is 8.29. The predicted octanol–water partition coefficient (Wildman–Crippen LogP) is 1.48. The van der Waals surface area contributed by atoms with Crippen LogP contribution in [0.1, 0.15) is 25.7 Å². The van der Waals surface area contributed by atoms with Gasteiger partial charge in [0.15, 0.2) is 0 Å². The molecule has 0 aliphatic rings. The summed E-state index contributed by atoms with van der Waals surface area (Å²) in [6, 6.07) is 1.86. The Labute approximate surface area is 96.3 Å². The van der Waals surface area contributed by atoms with Crippen LogP contribution in [0.2, 0.25) is 0 Å². The van der Waals surface area contributed by atoms with Crippen molar-refractivity contribution in [1.82, 2.24) is 9.97 Å². The Kier molecular flexibility index (Phi) is 6.25. The minimum Gasteiger partial charge on any atom is -0.396 e. The van der Waals surface area contributed by atoms with Crippen LogP contribution in [0.3, 0.4) is 0 Å². The molecule has 0 bridgehead atoms. The van der Waals surface area contributed by atoms with E-state index in [1.165, 1.54) is 0 Å². The van der Waals surface area contributed by atoms with Crippen molar-refractivity contribution in [2.45, 2.75) is 25.7 Å². The number of hydrogen-bond donors (Lipinski definition) is 3. The lowest BCUT2D eigenvalue weighted by Crippen LogP contribution is -2.05. The number of anilines is 2. The van der Waals surface area contributed by atoms with E-state index in [1.807, 2.05) is 6.07 Å². The first-order valence-corrected chi connectivity index (χ1v) is 5.72. The van der Waals surface area contributed by atoms with Crippen LogP contribution in [0.25, 0.3) is 0 Å². The third-order valence-electron chi connectivity index (χ3n) is 2.27. The van der Waals surface area contributed by atoms with E-state index < -0.39 is 0 Å². The van der Waals surface area contributed by atoms with E-state index in [9.17, 15) is 0 Å². The lowest BCUT2D eigenvalue weighted by Gasteiger charge is -2.06. The predicted molar refractivity (Wildman–Crippen MR) is 65.6 cm³/mol. The van der Waals surface area contributed by atoms with Crippen molar-refractivity contribution < 1.29 is 5.11 Å². The van der Waals surface area contributed by atoms with Gasteiger partial charge >= 0.3 is 0 Å². The topological polar surface area (TPSA) is 70.1 Å². The van der Waals surface area contributed by atoms with Gasteiger partial charge in [-0.2, -0.15) is 4.98 Å². The average Bonchev–Trinajstić information content (AvgIpc) is 2.34. The SMILES string of the molecule is CNc1nccc(NCCCCCCO)n1. The van der Waals surface area contributed by atoms with Gasteiger partial charge in [0.1, 0.15) is 5.82 Å². The van der Waals surface area contributed by atoms with Crippen molar-refractivity contribution >= 4 is 11.8 Å². The number of nitrogens with one attached hydrogen (secondary N) is 2. The van der Waals surface area contributed by atoms with Gasteiger partial charge in [-0.15, -0.1) is 0 Å². The zero-order chi connectivity index (χ0) is 11.6. The molecule has 0 radical (unpaired) electrons. The molecule has 0 saturated carbocycles. The maximum Gasteiger partial charge on any atom is 0.224 e. The molecule has 0 saturated heterocycles. The molecule has 0 aromatic carbocycles. The molecule has 1 aromatic rings. The zero-order valence-corrected chi connectivity index (χ0v) is 9.74. The Hall–Kier alpha value is -1.36. The van der Waals surface area contributed by atoms with E-state index >= 15 is 0 Å². The molecule has 1 heterocycles. The number of unbranched alkanes of at least 4 members (excludes halogenated alkanes) is 3. The summed E-state index contributed by atoms with van der Waals surface area (Å²) in [5, 5.41) is 14.8. The first kappa shape index (κ1) is 12.7. The van der Waals surface area contributed by atoms with Gasteiger partial charge < -0.3 is 15.7 Å². The normalized spacial score (nSPS) is 10.1. The Bertz CT molecular complexity index is 293. The number of aliphatic hydroxyl groups is 1. The molecule has 0 fully saturated rings. The van der Waals surface area contributed by atoms with Crippen molar-refractivity contribution in [3.05, 3.63) is 12.3 Å². The van der Waals surface area contributed by atoms with Gasteiger partial charge in [0.2, 0.25) is 5.95 Å². The summed E-state index contributed by atoms with van der Waals surface area (Å²) in [6.07, 6.45) is 5.95. The molecular weight excluding hydrogens is 204 g/mol. The number of hydrogen-bond acceptors (Lipinski definition) is 5. The molecule has 0 unspecified atom stereocenters. The van der Waals surface area contributed by atoms with Gasteiger partial charge in [-0.3, -0.25) is 0 Å². The number of aromatic nitrogens is 2. The summed E-state index contributed by atoms with van der Waals surface area (Å²) >= 11 is 0. The summed E-state index contributed by atoms with van der Waals surface area (Å²) in [7, 11) is 1.80. The van der Waals surface area contributed by atoms with Crippen LogP contribution in [0, 0.1) is 0 Å². The fourth-order valence-electron chi connectivity index (χ4n) is 1.38. The van der Waals surface area contributed by atoms with E-state index in [0.29, 0.717) is 12.6 Å². The highest BCUT2D eigenvalue weighted by Crippen LogP contribution is 2.06. The molecule has 1 rings (SSSR count). The number of rotatable bonds is 8. The summed E-state index contributed by atoms with van der Waals surface area (Å²) in [5.41, 5.74) is 0. The van der Waals surface area contributed by atoms with Gasteiger partial charge in [-0.25, -0.2) is 4.98 Å². The van der Waals surface area contributed by atoms with Crippen molar-refractivity contribution in [1.29, 1.82) is 0 Å². The van der Waals surface area contributed by atoms with Crippen LogP contribution >= 0.6 is 0 Å². The largest absolute Gasteiger partial charge is 0.396 e. The Balaban J connectivity index is 2.16. The average molecular weight is 224 g/mol. The molecule has 5 nitrogen and oxygen atoms in total. The molecular formula is C11H20N4O. The standard InChI is InChI=1S/C11H20N4O/c1-12-11-14-8-6-10(15-11)13-7-4-2-3-5-9-16/h6,8,16H,2-5,7,9H2,1H3,(H2,12,13,14,15). The third kappa shape index (κ3) is 4.93. The van der Waals surface area contributed by atoms with Gasteiger partial charge in [-0.05, 0) is 18.9 Å². The molecule has 3 N–H and O–H groups in total. The third-order valence-corrected chi connectivity index (χ3v) is 2.27. The molecule has 0 aliphatic heterocycles. The number of aliphatic hydroxyl groups excluding tert-OH is 1. The highest BCUT2D eigenvalue weighted by atomic mass is 16.2. The summed E-state index contributed by atoms with van der Waals surface area (Å²) in [5.74, 6) is 1.48. The van der Waals surface area contributed by atoms with E-state index in [2.05, 4.69) is 20.6 Å². The van der Waals surface area contributed by atoms with Crippen LogP contribution in [0.4, 0.5) is 11.8 Å². The molecule has 0 spiro atoms. The molecule has 0 amide bonds. The minimum atomic E-state index is 0.296.